The number of esters is 1. The van der Waals surface area contributed by atoms with Crippen LogP contribution in [0.5, 0.6) is 0 Å². The van der Waals surface area contributed by atoms with Crippen molar-refractivity contribution >= 4 is 55.9 Å². The summed E-state index contributed by atoms with van der Waals surface area (Å²) in [6, 6.07) is 20.6. The molecule has 6 nitrogen and oxygen atoms in total. The predicted molar refractivity (Wildman–Crippen MR) is 118 cm³/mol. The molecule has 1 atom stereocenters. The van der Waals surface area contributed by atoms with E-state index in [0.29, 0.717) is 5.69 Å². The van der Waals surface area contributed by atoms with E-state index in [-0.39, 0.29) is 18.9 Å². The summed E-state index contributed by atoms with van der Waals surface area (Å²) in [6.45, 7) is -0.157. The maximum absolute atomic E-state index is 12.4. The van der Waals surface area contributed by atoms with Gasteiger partial charge in [-0.3, -0.25) is 14.4 Å². The van der Waals surface area contributed by atoms with Crippen LogP contribution in [0.25, 0.3) is 10.8 Å². The molecule has 0 spiro atoms. The zero-order valence-electron chi connectivity index (χ0n) is 16.0. The average Bonchev–Trinajstić information content (AvgIpc) is 3.14. The third kappa shape index (κ3) is 4.36. The maximum Gasteiger partial charge on any atom is 0.311 e. The molecule has 2 amide bonds. The fourth-order valence-electron chi connectivity index (χ4n) is 3.51. The Bertz CT molecular complexity index is 1110. The molecule has 0 radical (unpaired) electrons. The fraction of sp³-hybridized carbons (Fsp3) is 0.174. The van der Waals surface area contributed by atoms with Crippen molar-refractivity contribution in [1.82, 2.24) is 0 Å². The standard InChI is InChI=1S/C23H19BrN2O4/c24-17-8-10-18(11-9-17)26-13-16(12-22(26)28)23(29)30-14-21(27)25-20-7-3-5-15-4-1-2-6-19(15)20/h1-11,16H,12-14H2,(H,25,27)/t16-/m1/s1. The zero-order chi connectivity index (χ0) is 21.1. The molecule has 0 bridgehead atoms. The summed E-state index contributed by atoms with van der Waals surface area (Å²) >= 11 is 3.36. The van der Waals surface area contributed by atoms with Gasteiger partial charge in [0.05, 0.1) is 5.92 Å². The topological polar surface area (TPSA) is 75.7 Å². The van der Waals surface area contributed by atoms with Crippen molar-refractivity contribution in [3.8, 4) is 0 Å². The van der Waals surface area contributed by atoms with Gasteiger partial charge >= 0.3 is 5.97 Å². The molecule has 3 aromatic carbocycles. The Balaban J connectivity index is 1.34. The van der Waals surface area contributed by atoms with Gasteiger partial charge in [0.2, 0.25) is 5.91 Å². The summed E-state index contributed by atoms with van der Waals surface area (Å²) in [5.74, 6) is -1.70. The number of amides is 2. The maximum atomic E-state index is 12.4. The Hall–Kier alpha value is -3.19. The van der Waals surface area contributed by atoms with Crippen molar-refractivity contribution in [3.05, 3.63) is 71.2 Å². The van der Waals surface area contributed by atoms with Gasteiger partial charge in [0, 0.05) is 34.2 Å². The highest BCUT2D eigenvalue weighted by atomic mass is 79.9. The number of fused-ring (bicyclic) bond motifs is 1. The summed E-state index contributed by atoms with van der Waals surface area (Å²) in [7, 11) is 0. The molecule has 4 rings (SSSR count). The molecule has 1 fully saturated rings. The molecule has 152 valence electrons. The largest absolute Gasteiger partial charge is 0.455 e. The van der Waals surface area contributed by atoms with Gasteiger partial charge in [-0.15, -0.1) is 0 Å². The lowest BCUT2D eigenvalue weighted by Crippen LogP contribution is -2.28. The van der Waals surface area contributed by atoms with E-state index in [4.69, 9.17) is 4.74 Å². The molecule has 7 heteroatoms. The van der Waals surface area contributed by atoms with E-state index in [0.717, 1.165) is 20.9 Å². The highest BCUT2D eigenvalue weighted by Crippen LogP contribution is 2.27. The summed E-state index contributed by atoms with van der Waals surface area (Å²) < 4.78 is 6.09. The highest BCUT2D eigenvalue weighted by molar-refractivity contribution is 9.10. The molecule has 0 aromatic heterocycles. The minimum Gasteiger partial charge on any atom is -0.455 e. The van der Waals surface area contributed by atoms with Gasteiger partial charge in [0.1, 0.15) is 0 Å². The number of nitrogens with zero attached hydrogens (tertiary/aromatic N) is 1. The lowest BCUT2D eigenvalue weighted by Gasteiger charge is -2.16. The molecule has 0 aliphatic carbocycles. The number of carbonyl (C=O) groups is 3. The number of carbonyl (C=O) groups excluding carboxylic acids is 3. The second kappa shape index (κ2) is 8.67. The van der Waals surface area contributed by atoms with E-state index < -0.39 is 24.4 Å². The third-order valence-electron chi connectivity index (χ3n) is 5.01. The van der Waals surface area contributed by atoms with Gasteiger partial charge in [-0.25, -0.2) is 0 Å². The molecule has 1 aliphatic rings. The number of halogens is 1. The quantitative estimate of drug-likeness (QED) is 0.573. The van der Waals surface area contributed by atoms with Crippen molar-refractivity contribution in [2.24, 2.45) is 5.92 Å². The first kappa shape index (κ1) is 20.1. The molecule has 1 heterocycles. The summed E-state index contributed by atoms with van der Waals surface area (Å²) in [4.78, 5) is 38.6. The first-order chi connectivity index (χ1) is 14.5. The molecular weight excluding hydrogens is 448 g/mol. The zero-order valence-corrected chi connectivity index (χ0v) is 17.6. The Morgan fingerprint density at radius 1 is 1.03 bits per heavy atom. The van der Waals surface area contributed by atoms with Crippen LogP contribution in [0.4, 0.5) is 11.4 Å². The van der Waals surface area contributed by atoms with E-state index in [1.165, 1.54) is 0 Å². The normalized spacial score (nSPS) is 16.0. The van der Waals surface area contributed by atoms with Crippen LogP contribution in [-0.4, -0.2) is 30.9 Å². The molecule has 0 saturated carbocycles. The summed E-state index contributed by atoms with van der Waals surface area (Å²) in [5.41, 5.74) is 1.39. The fourth-order valence-corrected chi connectivity index (χ4v) is 3.78. The van der Waals surface area contributed by atoms with Crippen LogP contribution in [0.15, 0.2) is 71.2 Å². The molecule has 0 unspecified atom stereocenters. The van der Waals surface area contributed by atoms with Crippen LogP contribution >= 0.6 is 15.9 Å². The summed E-state index contributed by atoms with van der Waals surface area (Å²) in [6.07, 6.45) is 0.0693. The van der Waals surface area contributed by atoms with E-state index in [1.54, 1.807) is 11.0 Å². The summed E-state index contributed by atoms with van der Waals surface area (Å²) in [5, 5.41) is 4.69. The number of benzene rings is 3. The molecular formula is C23H19BrN2O4. The van der Waals surface area contributed by atoms with Gasteiger partial charge in [-0.05, 0) is 35.7 Å². The van der Waals surface area contributed by atoms with Crippen LogP contribution in [0.1, 0.15) is 6.42 Å². The van der Waals surface area contributed by atoms with E-state index in [2.05, 4.69) is 21.2 Å². The van der Waals surface area contributed by atoms with Gasteiger partial charge in [-0.2, -0.15) is 0 Å². The van der Waals surface area contributed by atoms with Gasteiger partial charge in [0.25, 0.3) is 5.91 Å². The van der Waals surface area contributed by atoms with Crippen LogP contribution in [0.2, 0.25) is 0 Å². The van der Waals surface area contributed by atoms with Crippen LogP contribution in [0, 0.1) is 5.92 Å². The van der Waals surface area contributed by atoms with Crippen LogP contribution in [0.3, 0.4) is 0 Å². The monoisotopic (exact) mass is 466 g/mol. The Morgan fingerprint density at radius 3 is 2.57 bits per heavy atom. The molecule has 30 heavy (non-hydrogen) atoms. The van der Waals surface area contributed by atoms with E-state index in [9.17, 15) is 14.4 Å². The highest BCUT2D eigenvalue weighted by Gasteiger charge is 2.36. The van der Waals surface area contributed by atoms with Crippen molar-refractivity contribution in [3.63, 3.8) is 0 Å². The average molecular weight is 467 g/mol. The van der Waals surface area contributed by atoms with Crippen molar-refractivity contribution in [1.29, 1.82) is 0 Å². The Labute approximate surface area is 181 Å². The number of hydrogen-bond donors (Lipinski definition) is 1. The SMILES string of the molecule is O=C(COC(=O)[C@@H]1CC(=O)N(c2ccc(Br)cc2)C1)Nc1cccc2ccccc12. The van der Waals surface area contributed by atoms with Crippen LogP contribution < -0.4 is 10.2 Å². The molecule has 1 aliphatic heterocycles. The first-order valence-corrected chi connectivity index (χ1v) is 10.3. The predicted octanol–water partition coefficient (Wildman–Crippen LogP) is 4.14. The first-order valence-electron chi connectivity index (χ1n) is 9.51. The van der Waals surface area contributed by atoms with Gasteiger partial charge in [-0.1, -0.05) is 52.3 Å². The minimum atomic E-state index is -0.591. The molecule has 3 aromatic rings. The van der Waals surface area contributed by atoms with E-state index in [1.807, 2.05) is 60.7 Å². The Morgan fingerprint density at radius 2 is 1.77 bits per heavy atom. The lowest BCUT2D eigenvalue weighted by molar-refractivity contribution is -0.151. The second-order valence-electron chi connectivity index (χ2n) is 7.06. The number of rotatable bonds is 5. The lowest BCUT2D eigenvalue weighted by atomic mass is 10.1. The smallest absolute Gasteiger partial charge is 0.311 e. The third-order valence-corrected chi connectivity index (χ3v) is 5.53. The van der Waals surface area contributed by atoms with Crippen molar-refractivity contribution < 1.29 is 19.1 Å². The Kier molecular flexibility index (Phi) is 5.81. The number of ether oxygens (including phenoxy) is 1. The number of anilines is 2. The number of nitrogens with one attached hydrogen (secondary N) is 1. The van der Waals surface area contributed by atoms with E-state index >= 15 is 0 Å². The van der Waals surface area contributed by atoms with Crippen molar-refractivity contribution in [2.45, 2.75) is 6.42 Å². The van der Waals surface area contributed by atoms with Crippen molar-refractivity contribution in [2.75, 3.05) is 23.4 Å². The molecule has 1 N–H and O–H groups in total. The van der Waals surface area contributed by atoms with Gasteiger partial charge < -0.3 is 15.0 Å². The van der Waals surface area contributed by atoms with Crippen LogP contribution in [-0.2, 0) is 19.1 Å². The number of hydrogen-bond acceptors (Lipinski definition) is 4. The molecule has 1 saturated heterocycles. The second-order valence-corrected chi connectivity index (χ2v) is 7.98. The minimum absolute atomic E-state index is 0.0693. The van der Waals surface area contributed by atoms with Gasteiger partial charge in [0.15, 0.2) is 6.61 Å².